The average Bonchev–Trinajstić information content (AvgIpc) is 2.61. The molecule has 0 saturated heterocycles. The van der Waals surface area contributed by atoms with E-state index in [0.29, 0.717) is 0 Å². The molecule has 1 amide bonds. The maximum atomic E-state index is 11.9. The molecule has 2 aromatic rings. The Hall–Kier alpha value is -2.95. The highest BCUT2D eigenvalue weighted by Crippen LogP contribution is 2.07. The van der Waals surface area contributed by atoms with Crippen molar-refractivity contribution in [2.24, 2.45) is 4.99 Å². The molecule has 0 spiro atoms. The van der Waals surface area contributed by atoms with Crippen LogP contribution >= 0.6 is 0 Å². The lowest BCUT2D eigenvalue weighted by atomic mass is 10.1. The minimum absolute atomic E-state index is 0.0133. The summed E-state index contributed by atoms with van der Waals surface area (Å²) in [6.07, 6.45) is -0.612. The molecule has 0 atom stereocenters. The van der Waals surface area contributed by atoms with Crippen LogP contribution in [0.1, 0.15) is 16.7 Å². The first-order valence-corrected chi connectivity index (χ1v) is 7.50. The van der Waals surface area contributed by atoms with Crippen LogP contribution in [-0.4, -0.2) is 24.9 Å². The van der Waals surface area contributed by atoms with E-state index in [4.69, 9.17) is 9.47 Å². The van der Waals surface area contributed by atoms with E-state index in [9.17, 15) is 9.59 Å². The number of methoxy groups -OCH3 is 1. The molecule has 0 aliphatic heterocycles. The Labute approximate surface area is 140 Å². The van der Waals surface area contributed by atoms with Crippen LogP contribution in [0.15, 0.2) is 59.6 Å². The number of amides is 1. The smallest absolute Gasteiger partial charge is 0.434 e. The highest BCUT2D eigenvalue weighted by Gasteiger charge is 2.15. The van der Waals surface area contributed by atoms with Gasteiger partial charge in [-0.05, 0) is 18.1 Å². The fourth-order valence-corrected chi connectivity index (χ4v) is 2.04. The molecule has 0 bridgehead atoms. The van der Waals surface area contributed by atoms with Gasteiger partial charge < -0.3 is 9.47 Å². The Morgan fingerprint density at radius 3 is 2.25 bits per heavy atom. The number of esters is 1. The molecule has 0 aromatic heterocycles. The summed E-state index contributed by atoms with van der Waals surface area (Å²) in [6, 6.07) is 16.9. The lowest BCUT2D eigenvalue weighted by molar-refractivity contribution is -0.132. The van der Waals surface area contributed by atoms with Gasteiger partial charge in [-0.2, -0.15) is 4.99 Å². The molecular formula is C19H19NO4. The van der Waals surface area contributed by atoms with Gasteiger partial charge >= 0.3 is 12.1 Å². The third-order valence-electron chi connectivity index (χ3n) is 3.34. The monoisotopic (exact) mass is 325 g/mol. The number of carbonyl (C=O) groups excluding carboxylic acids is 2. The molecule has 0 N–H and O–H groups in total. The molecule has 0 aliphatic rings. The van der Waals surface area contributed by atoms with E-state index in [0.717, 1.165) is 16.7 Å². The average molecular weight is 325 g/mol. The fraction of sp³-hybridized carbons (Fsp3) is 0.211. The van der Waals surface area contributed by atoms with E-state index in [1.54, 1.807) is 0 Å². The maximum absolute atomic E-state index is 11.9. The molecule has 0 aliphatic carbocycles. The number of carbonyl (C=O) groups is 2. The van der Waals surface area contributed by atoms with Crippen molar-refractivity contribution in [2.75, 3.05) is 7.11 Å². The van der Waals surface area contributed by atoms with Crippen molar-refractivity contribution in [2.45, 2.75) is 20.0 Å². The number of aliphatic imine (C=N–C) groups is 1. The van der Waals surface area contributed by atoms with Crippen LogP contribution in [0.25, 0.3) is 0 Å². The summed E-state index contributed by atoms with van der Waals surface area (Å²) < 4.78 is 9.77. The molecule has 0 saturated carbocycles. The van der Waals surface area contributed by atoms with Gasteiger partial charge in [0, 0.05) is 6.42 Å². The first-order valence-electron chi connectivity index (χ1n) is 7.50. The Balaban J connectivity index is 2.05. The second-order valence-corrected chi connectivity index (χ2v) is 5.25. The summed E-state index contributed by atoms with van der Waals surface area (Å²) in [4.78, 5) is 27.5. The number of benzene rings is 2. The van der Waals surface area contributed by atoms with Crippen LogP contribution in [0, 0.1) is 6.92 Å². The molecule has 0 radical (unpaired) electrons. The Morgan fingerprint density at radius 1 is 0.958 bits per heavy atom. The SMILES string of the molecule is COC(=O)C(Cc1ccc(C)cc1)=NC(=O)OCc1ccccc1. The first-order chi connectivity index (χ1) is 11.6. The van der Waals surface area contributed by atoms with Gasteiger partial charge in [0.2, 0.25) is 0 Å². The molecular weight excluding hydrogens is 306 g/mol. The van der Waals surface area contributed by atoms with Crippen LogP contribution in [0.3, 0.4) is 0 Å². The molecule has 5 heteroatoms. The quantitative estimate of drug-likeness (QED) is 0.623. The van der Waals surface area contributed by atoms with Gasteiger partial charge in [0.05, 0.1) is 7.11 Å². The standard InChI is InChI=1S/C19H19NO4/c1-14-8-10-15(11-9-14)12-17(18(21)23-2)20-19(22)24-13-16-6-4-3-5-7-16/h3-11H,12-13H2,1-2H3. The van der Waals surface area contributed by atoms with Crippen molar-refractivity contribution in [3.05, 3.63) is 71.3 Å². The molecule has 24 heavy (non-hydrogen) atoms. The van der Waals surface area contributed by atoms with Crippen LogP contribution in [0.4, 0.5) is 4.79 Å². The van der Waals surface area contributed by atoms with E-state index in [1.165, 1.54) is 7.11 Å². The van der Waals surface area contributed by atoms with Gasteiger partial charge in [-0.25, -0.2) is 9.59 Å². The predicted octanol–water partition coefficient (Wildman–Crippen LogP) is 3.49. The Bertz CT molecular complexity index is 721. The predicted molar refractivity (Wildman–Crippen MR) is 91.0 cm³/mol. The largest absolute Gasteiger partial charge is 0.465 e. The second-order valence-electron chi connectivity index (χ2n) is 5.25. The van der Waals surface area contributed by atoms with E-state index in [2.05, 4.69) is 4.99 Å². The lowest BCUT2D eigenvalue weighted by Crippen LogP contribution is -2.20. The van der Waals surface area contributed by atoms with Crippen LogP contribution in [-0.2, 0) is 27.3 Å². The zero-order chi connectivity index (χ0) is 17.4. The Morgan fingerprint density at radius 2 is 1.62 bits per heavy atom. The van der Waals surface area contributed by atoms with Crippen molar-refractivity contribution in [1.29, 1.82) is 0 Å². The lowest BCUT2D eigenvalue weighted by Gasteiger charge is -2.06. The maximum Gasteiger partial charge on any atom is 0.434 e. The number of ether oxygens (including phenoxy) is 2. The van der Waals surface area contributed by atoms with Crippen LogP contribution in [0.5, 0.6) is 0 Å². The fourth-order valence-electron chi connectivity index (χ4n) is 2.04. The molecule has 0 unspecified atom stereocenters. The van der Waals surface area contributed by atoms with Gasteiger partial charge in [-0.15, -0.1) is 0 Å². The van der Waals surface area contributed by atoms with Gasteiger partial charge in [-0.3, -0.25) is 0 Å². The summed E-state index contributed by atoms with van der Waals surface area (Å²) in [7, 11) is 1.25. The molecule has 2 aromatic carbocycles. The summed E-state index contributed by atoms with van der Waals surface area (Å²) >= 11 is 0. The summed E-state index contributed by atoms with van der Waals surface area (Å²) in [5.41, 5.74) is 2.83. The number of aryl methyl sites for hydroxylation is 1. The van der Waals surface area contributed by atoms with Gasteiger partial charge in [-0.1, -0.05) is 60.2 Å². The second kappa shape index (κ2) is 8.62. The zero-order valence-corrected chi connectivity index (χ0v) is 13.7. The van der Waals surface area contributed by atoms with Crippen molar-refractivity contribution in [3.63, 3.8) is 0 Å². The van der Waals surface area contributed by atoms with E-state index >= 15 is 0 Å². The van der Waals surface area contributed by atoms with Crippen LogP contribution < -0.4 is 0 Å². The van der Waals surface area contributed by atoms with Gasteiger partial charge in [0.25, 0.3) is 0 Å². The van der Waals surface area contributed by atoms with Crippen molar-refractivity contribution < 1.29 is 19.1 Å². The highest BCUT2D eigenvalue weighted by molar-refractivity contribution is 6.38. The van der Waals surface area contributed by atoms with E-state index in [1.807, 2.05) is 61.5 Å². The third-order valence-corrected chi connectivity index (χ3v) is 3.34. The van der Waals surface area contributed by atoms with E-state index in [-0.39, 0.29) is 18.7 Å². The number of hydrogen-bond acceptors (Lipinski definition) is 4. The Kier molecular flexibility index (Phi) is 6.25. The van der Waals surface area contributed by atoms with Gasteiger partial charge in [0.1, 0.15) is 12.3 Å². The minimum Gasteiger partial charge on any atom is -0.465 e. The molecule has 2 rings (SSSR count). The first kappa shape index (κ1) is 17.4. The number of hydrogen-bond donors (Lipinski definition) is 0. The number of nitrogens with zero attached hydrogens (tertiary/aromatic N) is 1. The van der Waals surface area contributed by atoms with E-state index < -0.39 is 12.1 Å². The summed E-state index contributed by atoms with van der Waals surface area (Å²) in [5.74, 6) is -0.646. The normalized spacial score (nSPS) is 11.0. The van der Waals surface area contributed by atoms with Crippen LogP contribution in [0.2, 0.25) is 0 Å². The third kappa shape index (κ3) is 5.35. The number of rotatable bonds is 5. The summed E-state index contributed by atoms with van der Waals surface area (Å²) in [6.45, 7) is 2.07. The molecule has 124 valence electrons. The zero-order valence-electron chi connectivity index (χ0n) is 13.7. The van der Waals surface area contributed by atoms with Crippen molar-refractivity contribution in [3.8, 4) is 0 Å². The molecule has 0 fully saturated rings. The minimum atomic E-state index is -0.814. The highest BCUT2D eigenvalue weighted by atomic mass is 16.5. The molecule has 5 nitrogen and oxygen atoms in total. The van der Waals surface area contributed by atoms with Crippen molar-refractivity contribution >= 4 is 17.8 Å². The van der Waals surface area contributed by atoms with Crippen molar-refractivity contribution in [1.82, 2.24) is 0 Å². The molecule has 0 heterocycles. The summed E-state index contributed by atoms with van der Waals surface area (Å²) in [5, 5.41) is 0. The topological polar surface area (TPSA) is 65.0 Å². The van der Waals surface area contributed by atoms with Gasteiger partial charge in [0.15, 0.2) is 0 Å².